The van der Waals surface area contributed by atoms with E-state index >= 15 is 0 Å². The molecule has 2 N–H and O–H groups in total. The quantitative estimate of drug-likeness (QED) is 0.746. The zero-order chi connectivity index (χ0) is 11.4. The van der Waals surface area contributed by atoms with Gasteiger partial charge in [-0.25, -0.2) is 0 Å². The van der Waals surface area contributed by atoms with Crippen LogP contribution in [0.15, 0.2) is 18.3 Å². The topological polar surface area (TPSA) is 78.3 Å². The number of ether oxygens (including phenoxy) is 1. The van der Waals surface area contributed by atoms with Crippen molar-refractivity contribution < 1.29 is 4.74 Å². The summed E-state index contributed by atoms with van der Waals surface area (Å²) < 4.78 is 6.66. The first-order chi connectivity index (χ1) is 7.83. The highest BCUT2D eigenvalue weighted by molar-refractivity contribution is 5.35. The fraction of sp³-hybridized carbons (Fsp3) is 0.500. The van der Waals surface area contributed by atoms with Crippen molar-refractivity contribution in [2.75, 3.05) is 13.7 Å². The Balaban J connectivity index is 2.13. The molecule has 6 nitrogen and oxygen atoms in total. The van der Waals surface area contributed by atoms with Crippen LogP contribution in [0.1, 0.15) is 24.7 Å². The molecule has 0 aliphatic carbocycles. The molecular formula is C10H15N5O. The normalized spacial score (nSPS) is 13.1. The van der Waals surface area contributed by atoms with Crippen LogP contribution in [-0.2, 0) is 4.74 Å². The van der Waals surface area contributed by atoms with Gasteiger partial charge in [-0.05, 0) is 25.0 Å². The van der Waals surface area contributed by atoms with Crippen LogP contribution < -0.4 is 5.73 Å². The monoisotopic (exact) mass is 221 g/mol. The molecular weight excluding hydrogens is 206 g/mol. The molecule has 1 atom stereocenters. The number of rotatable bonds is 5. The lowest BCUT2D eigenvalue weighted by Crippen LogP contribution is -2.15. The van der Waals surface area contributed by atoms with Gasteiger partial charge in [0, 0.05) is 19.9 Å². The van der Waals surface area contributed by atoms with Crippen molar-refractivity contribution >= 4 is 5.65 Å². The lowest BCUT2D eigenvalue weighted by molar-refractivity contribution is 0.190. The van der Waals surface area contributed by atoms with E-state index in [2.05, 4.69) is 15.3 Å². The van der Waals surface area contributed by atoms with Gasteiger partial charge in [0.15, 0.2) is 11.5 Å². The smallest absolute Gasteiger partial charge is 0.177 e. The minimum absolute atomic E-state index is 0.153. The molecule has 1 unspecified atom stereocenters. The van der Waals surface area contributed by atoms with E-state index in [-0.39, 0.29) is 6.04 Å². The highest BCUT2D eigenvalue weighted by Gasteiger charge is 2.13. The second kappa shape index (κ2) is 5.00. The lowest BCUT2D eigenvalue weighted by atomic mass is 10.1. The van der Waals surface area contributed by atoms with Crippen LogP contribution >= 0.6 is 0 Å². The molecule has 0 radical (unpaired) electrons. The SMILES string of the molecule is COCCCC(N)c1nnc2cccnn12. The maximum atomic E-state index is 6.03. The molecule has 86 valence electrons. The zero-order valence-electron chi connectivity index (χ0n) is 9.21. The average molecular weight is 221 g/mol. The van der Waals surface area contributed by atoms with Gasteiger partial charge < -0.3 is 10.5 Å². The van der Waals surface area contributed by atoms with E-state index < -0.39 is 0 Å². The van der Waals surface area contributed by atoms with E-state index in [1.807, 2.05) is 12.1 Å². The standard InChI is InChI=1S/C10H15N5O/c1-16-7-3-4-8(11)10-14-13-9-5-2-6-12-15(9)10/h2,5-6,8H,3-4,7,11H2,1H3. The Bertz CT molecular complexity index is 455. The molecule has 2 rings (SSSR count). The summed E-state index contributed by atoms with van der Waals surface area (Å²) in [5, 5.41) is 12.2. The van der Waals surface area contributed by atoms with Crippen LogP contribution in [0.2, 0.25) is 0 Å². The van der Waals surface area contributed by atoms with Gasteiger partial charge >= 0.3 is 0 Å². The van der Waals surface area contributed by atoms with Gasteiger partial charge in [-0.3, -0.25) is 0 Å². The van der Waals surface area contributed by atoms with E-state index in [0.29, 0.717) is 12.4 Å². The number of hydrogen-bond donors (Lipinski definition) is 1. The van der Waals surface area contributed by atoms with E-state index in [1.165, 1.54) is 0 Å². The Labute approximate surface area is 93.4 Å². The summed E-state index contributed by atoms with van der Waals surface area (Å²) in [6, 6.07) is 3.52. The molecule has 2 heterocycles. The van der Waals surface area contributed by atoms with Gasteiger partial charge in [-0.15, -0.1) is 10.2 Å². The van der Waals surface area contributed by atoms with Crippen molar-refractivity contribution in [3.8, 4) is 0 Å². The van der Waals surface area contributed by atoms with Gasteiger partial charge in [0.2, 0.25) is 0 Å². The molecule has 16 heavy (non-hydrogen) atoms. The minimum Gasteiger partial charge on any atom is -0.385 e. The molecule has 2 aromatic heterocycles. The number of nitrogens with two attached hydrogens (primary N) is 1. The molecule has 0 aliphatic rings. The summed E-state index contributed by atoms with van der Waals surface area (Å²) in [5.41, 5.74) is 6.75. The Hall–Kier alpha value is -1.53. The van der Waals surface area contributed by atoms with Crippen LogP contribution in [0.4, 0.5) is 0 Å². The third-order valence-electron chi connectivity index (χ3n) is 2.40. The van der Waals surface area contributed by atoms with Gasteiger partial charge in [0.25, 0.3) is 0 Å². The highest BCUT2D eigenvalue weighted by atomic mass is 16.5. The van der Waals surface area contributed by atoms with Crippen LogP contribution in [0.3, 0.4) is 0 Å². The summed E-state index contributed by atoms with van der Waals surface area (Å²) in [4.78, 5) is 0. The van der Waals surface area contributed by atoms with E-state index in [9.17, 15) is 0 Å². The molecule has 0 bridgehead atoms. The number of methoxy groups -OCH3 is 1. The zero-order valence-corrected chi connectivity index (χ0v) is 9.21. The Morgan fingerprint density at radius 3 is 3.19 bits per heavy atom. The molecule has 0 fully saturated rings. The lowest BCUT2D eigenvalue weighted by Gasteiger charge is -2.08. The number of fused-ring (bicyclic) bond motifs is 1. The van der Waals surface area contributed by atoms with Gasteiger partial charge in [-0.1, -0.05) is 0 Å². The third kappa shape index (κ3) is 2.17. The van der Waals surface area contributed by atoms with Crippen molar-refractivity contribution in [3.05, 3.63) is 24.2 Å². The maximum Gasteiger partial charge on any atom is 0.177 e. The number of aromatic nitrogens is 4. The predicted octanol–water partition coefficient (Wildman–Crippen LogP) is 0.551. The van der Waals surface area contributed by atoms with Crippen molar-refractivity contribution in [3.63, 3.8) is 0 Å². The largest absolute Gasteiger partial charge is 0.385 e. The Morgan fingerprint density at radius 2 is 2.38 bits per heavy atom. The fourth-order valence-electron chi connectivity index (χ4n) is 1.57. The van der Waals surface area contributed by atoms with Crippen molar-refractivity contribution in [1.29, 1.82) is 0 Å². The molecule has 0 saturated carbocycles. The first kappa shape index (κ1) is 11.0. The van der Waals surface area contributed by atoms with Crippen molar-refractivity contribution in [2.45, 2.75) is 18.9 Å². The highest BCUT2D eigenvalue weighted by Crippen LogP contribution is 2.13. The van der Waals surface area contributed by atoms with Crippen LogP contribution in [0.5, 0.6) is 0 Å². The maximum absolute atomic E-state index is 6.03. The van der Waals surface area contributed by atoms with Crippen LogP contribution in [0.25, 0.3) is 5.65 Å². The van der Waals surface area contributed by atoms with Gasteiger partial charge in [0.1, 0.15) is 0 Å². The molecule has 0 amide bonds. The van der Waals surface area contributed by atoms with Crippen molar-refractivity contribution in [2.24, 2.45) is 5.73 Å². The molecule has 0 aliphatic heterocycles. The van der Waals surface area contributed by atoms with E-state index in [0.717, 1.165) is 18.5 Å². The van der Waals surface area contributed by atoms with Crippen LogP contribution in [-0.4, -0.2) is 33.5 Å². The fourth-order valence-corrected chi connectivity index (χ4v) is 1.57. The average Bonchev–Trinajstić information content (AvgIpc) is 2.73. The van der Waals surface area contributed by atoms with E-state index in [1.54, 1.807) is 17.8 Å². The molecule has 0 saturated heterocycles. The summed E-state index contributed by atoms with van der Waals surface area (Å²) in [7, 11) is 1.68. The van der Waals surface area contributed by atoms with Crippen LogP contribution in [0, 0.1) is 0 Å². The molecule has 2 aromatic rings. The minimum atomic E-state index is -0.153. The van der Waals surface area contributed by atoms with E-state index in [4.69, 9.17) is 10.5 Å². The summed E-state index contributed by atoms with van der Waals surface area (Å²) in [6.07, 6.45) is 3.41. The first-order valence-corrected chi connectivity index (χ1v) is 5.24. The third-order valence-corrected chi connectivity index (χ3v) is 2.40. The second-order valence-electron chi connectivity index (χ2n) is 3.59. The summed E-state index contributed by atoms with van der Waals surface area (Å²) in [6.45, 7) is 0.706. The molecule has 0 spiro atoms. The number of hydrogen-bond acceptors (Lipinski definition) is 5. The van der Waals surface area contributed by atoms with Crippen molar-refractivity contribution in [1.82, 2.24) is 19.8 Å². The Morgan fingerprint density at radius 1 is 1.50 bits per heavy atom. The predicted molar refractivity (Wildman–Crippen MR) is 58.8 cm³/mol. The second-order valence-corrected chi connectivity index (χ2v) is 3.59. The van der Waals surface area contributed by atoms with Gasteiger partial charge in [-0.2, -0.15) is 9.61 Å². The number of nitrogens with zero attached hydrogens (tertiary/aromatic N) is 4. The first-order valence-electron chi connectivity index (χ1n) is 5.24. The summed E-state index contributed by atoms with van der Waals surface area (Å²) >= 11 is 0. The molecule has 0 aromatic carbocycles. The Kier molecular flexibility index (Phi) is 3.43. The molecule has 6 heteroatoms. The van der Waals surface area contributed by atoms with Gasteiger partial charge in [0.05, 0.1) is 6.04 Å². The summed E-state index contributed by atoms with van der Waals surface area (Å²) in [5.74, 6) is 0.701.